The van der Waals surface area contributed by atoms with Gasteiger partial charge in [0.15, 0.2) is 0 Å². The van der Waals surface area contributed by atoms with Crippen LogP contribution in [0.4, 0.5) is 0 Å². The van der Waals surface area contributed by atoms with Crippen LogP contribution in [0.1, 0.15) is 5.56 Å². The number of nitrogens with one attached hydrogen (secondary N) is 2. The first-order chi connectivity index (χ1) is 7.24. The molecule has 1 amide bonds. The molecule has 0 saturated heterocycles. The molecule has 2 rings (SSSR count). The molecule has 0 unspecified atom stereocenters. The topological polar surface area (TPSA) is 65.1 Å². The van der Waals surface area contributed by atoms with Gasteiger partial charge < -0.3 is 15.4 Å². The molecule has 0 spiro atoms. The highest BCUT2D eigenvalue weighted by Gasteiger charge is 2.08. The van der Waals surface area contributed by atoms with Crippen molar-refractivity contribution in [2.24, 2.45) is 0 Å². The Bertz CT molecular complexity index is 528. The zero-order valence-electron chi connectivity index (χ0n) is 7.95. The van der Waals surface area contributed by atoms with E-state index in [2.05, 4.69) is 16.9 Å². The van der Waals surface area contributed by atoms with Gasteiger partial charge >= 0.3 is 0 Å². The van der Waals surface area contributed by atoms with E-state index in [9.17, 15) is 9.90 Å². The Morgan fingerprint density at radius 2 is 2.27 bits per heavy atom. The molecule has 3 N–H and O–H groups in total. The van der Waals surface area contributed by atoms with E-state index in [1.165, 1.54) is 0 Å². The van der Waals surface area contributed by atoms with Crippen LogP contribution in [0.3, 0.4) is 0 Å². The number of carbonyl (C=O) groups excluding carboxylic acids is 1. The quantitative estimate of drug-likeness (QED) is 0.662. The number of rotatable bonds is 3. The van der Waals surface area contributed by atoms with Gasteiger partial charge in [-0.3, -0.25) is 4.79 Å². The molecular weight excluding hydrogens is 192 g/mol. The normalized spacial score (nSPS) is 10.1. The maximum Gasteiger partial charge on any atom is 0.211 e. The van der Waals surface area contributed by atoms with E-state index in [0.717, 1.165) is 11.1 Å². The van der Waals surface area contributed by atoms with Crippen molar-refractivity contribution >= 4 is 23.0 Å². The van der Waals surface area contributed by atoms with Gasteiger partial charge in [0.2, 0.25) is 6.41 Å². The molecule has 2 aromatic rings. The van der Waals surface area contributed by atoms with Gasteiger partial charge in [-0.1, -0.05) is 6.58 Å². The first kappa shape index (κ1) is 9.33. The molecule has 15 heavy (non-hydrogen) atoms. The Morgan fingerprint density at radius 1 is 1.47 bits per heavy atom. The van der Waals surface area contributed by atoms with Gasteiger partial charge in [0, 0.05) is 22.8 Å². The second-order valence-corrected chi connectivity index (χ2v) is 3.14. The Morgan fingerprint density at radius 3 is 3.00 bits per heavy atom. The molecule has 76 valence electrons. The monoisotopic (exact) mass is 202 g/mol. The SMILES string of the molecule is C=C(NC=O)c1ccc(O)c2cc[nH]c12. The summed E-state index contributed by atoms with van der Waals surface area (Å²) in [5, 5.41) is 12.8. The Labute approximate surface area is 86.2 Å². The van der Waals surface area contributed by atoms with E-state index < -0.39 is 0 Å². The minimum Gasteiger partial charge on any atom is -0.507 e. The van der Waals surface area contributed by atoms with Crippen LogP contribution in [-0.2, 0) is 4.79 Å². The second-order valence-electron chi connectivity index (χ2n) is 3.14. The van der Waals surface area contributed by atoms with Crippen LogP contribution in [0, 0.1) is 0 Å². The van der Waals surface area contributed by atoms with Crippen LogP contribution >= 0.6 is 0 Å². The van der Waals surface area contributed by atoms with Crippen LogP contribution in [0.2, 0.25) is 0 Å². The lowest BCUT2D eigenvalue weighted by Gasteiger charge is -2.06. The molecule has 4 heteroatoms. The molecular formula is C11H10N2O2. The van der Waals surface area contributed by atoms with Crippen LogP contribution in [0.25, 0.3) is 16.6 Å². The standard InChI is InChI=1S/C11H10N2O2/c1-7(13-6-14)8-2-3-10(15)9-4-5-12-11(8)9/h2-6,12,15H,1H2,(H,13,14). The lowest BCUT2D eigenvalue weighted by Crippen LogP contribution is -2.07. The summed E-state index contributed by atoms with van der Waals surface area (Å²) in [7, 11) is 0. The number of hydrogen-bond acceptors (Lipinski definition) is 2. The molecule has 0 fully saturated rings. The molecule has 0 radical (unpaired) electrons. The summed E-state index contributed by atoms with van der Waals surface area (Å²) in [6.07, 6.45) is 2.30. The second kappa shape index (κ2) is 3.49. The van der Waals surface area contributed by atoms with Crippen molar-refractivity contribution in [3.05, 3.63) is 36.5 Å². The number of aromatic nitrogens is 1. The smallest absolute Gasteiger partial charge is 0.211 e. The Balaban J connectivity index is 2.61. The molecule has 1 aromatic heterocycles. The largest absolute Gasteiger partial charge is 0.507 e. The van der Waals surface area contributed by atoms with E-state index in [-0.39, 0.29) is 5.75 Å². The van der Waals surface area contributed by atoms with Gasteiger partial charge in [-0.25, -0.2) is 0 Å². The van der Waals surface area contributed by atoms with Crippen molar-refractivity contribution in [3.63, 3.8) is 0 Å². The predicted molar refractivity (Wildman–Crippen MR) is 58.2 cm³/mol. The highest BCUT2D eigenvalue weighted by molar-refractivity contribution is 5.95. The third-order valence-corrected chi connectivity index (χ3v) is 2.26. The summed E-state index contributed by atoms with van der Waals surface area (Å²) in [5.41, 5.74) is 2.02. The number of amides is 1. The fourth-order valence-corrected chi connectivity index (χ4v) is 1.54. The van der Waals surface area contributed by atoms with Gasteiger partial charge in [-0.2, -0.15) is 0 Å². The summed E-state index contributed by atoms with van der Waals surface area (Å²) in [4.78, 5) is 13.3. The maximum absolute atomic E-state index is 10.3. The number of hydrogen-bond donors (Lipinski definition) is 3. The summed E-state index contributed by atoms with van der Waals surface area (Å²) < 4.78 is 0. The van der Waals surface area contributed by atoms with Crippen molar-refractivity contribution in [2.75, 3.05) is 0 Å². The van der Waals surface area contributed by atoms with Crippen molar-refractivity contribution < 1.29 is 9.90 Å². The molecule has 1 aromatic carbocycles. The minimum atomic E-state index is 0.203. The van der Waals surface area contributed by atoms with Crippen LogP contribution < -0.4 is 5.32 Å². The highest BCUT2D eigenvalue weighted by atomic mass is 16.3. The zero-order chi connectivity index (χ0) is 10.8. The summed E-state index contributed by atoms with van der Waals surface area (Å²) >= 11 is 0. The minimum absolute atomic E-state index is 0.203. The molecule has 0 aliphatic carbocycles. The third-order valence-electron chi connectivity index (χ3n) is 2.26. The van der Waals surface area contributed by atoms with Gasteiger partial charge in [0.1, 0.15) is 5.75 Å². The number of H-pyrrole nitrogens is 1. The van der Waals surface area contributed by atoms with Gasteiger partial charge in [-0.15, -0.1) is 0 Å². The number of aromatic amines is 1. The van der Waals surface area contributed by atoms with E-state index in [0.29, 0.717) is 17.5 Å². The fourth-order valence-electron chi connectivity index (χ4n) is 1.54. The lowest BCUT2D eigenvalue weighted by atomic mass is 10.1. The van der Waals surface area contributed by atoms with Crippen LogP contribution in [0.5, 0.6) is 5.75 Å². The number of phenolic OH excluding ortho intramolecular Hbond substituents is 1. The zero-order valence-corrected chi connectivity index (χ0v) is 7.95. The average Bonchev–Trinajstić information content (AvgIpc) is 2.68. The molecule has 0 bridgehead atoms. The molecule has 0 aliphatic rings. The first-order valence-corrected chi connectivity index (χ1v) is 4.42. The van der Waals surface area contributed by atoms with Crippen molar-refractivity contribution in [1.82, 2.24) is 10.3 Å². The van der Waals surface area contributed by atoms with Gasteiger partial charge in [0.05, 0.1) is 5.52 Å². The third kappa shape index (κ3) is 1.46. The molecule has 0 saturated carbocycles. The summed E-state index contributed by atoms with van der Waals surface area (Å²) in [5.74, 6) is 0.203. The van der Waals surface area contributed by atoms with Crippen LogP contribution in [-0.4, -0.2) is 16.5 Å². The average molecular weight is 202 g/mol. The summed E-state index contributed by atoms with van der Waals surface area (Å²) in [6.45, 7) is 3.73. The lowest BCUT2D eigenvalue weighted by molar-refractivity contribution is -0.108. The predicted octanol–water partition coefficient (Wildman–Crippen LogP) is 1.59. The number of benzene rings is 1. The van der Waals surface area contributed by atoms with Crippen LogP contribution in [0.15, 0.2) is 31.0 Å². The highest BCUT2D eigenvalue weighted by Crippen LogP contribution is 2.28. The van der Waals surface area contributed by atoms with E-state index in [4.69, 9.17) is 0 Å². The molecule has 4 nitrogen and oxygen atoms in total. The number of aromatic hydroxyl groups is 1. The summed E-state index contributed by atoms with van der Waals surface area (Å²) in [6, 6.07) is 5.04. The number of phenols is 1. The van der Waals surface area contributed by atoms with Gasteiger partial charge in [0.25, 0.3) is 0 Å². The molecule has 0 atom stereocenters. The molecule has 0 aliphatic heterocycles. The first-order valence-electron chi connectivity index (χ1n) is 4.42. The Kier molecular flexibility index (Phi) is 2.17. The number of fused-ring (bicyclic) bond motifs is 1. The van der Waals surface area contributed by atoms with E-state index >= 15 is 0 Å². The maximum atomic E-state index is 10.3. The van der Waals surface area contributed by atoms with Crippen molar-refractivity contribution in [3.8, 4) is 5.75 Å². The van der Waals surface area contributed by atoms with E-state index in [1.54, 1.807) is 24.4 Å². The fraction of sp³-hybridized carbons (Fsp3) is 0. The van der Waals surface area contributed by atoms with E-state index in [1.807, 2.05) is 0 Å². The van der Waals surface area contributed by atoms with Gasteiger partial charge in [-0.05, 0) is 18.2 Å². The van der Waals surface area contributed by atoms with Crippen molar-refractivity contribution in [2.45, 2.75) is 0 Å². The number of carbonyl (C=O) groups is 1. The van der Waals surface area contributed by atoms with Crippen molar-refractivity contribution in [1.29, 1.82) is 0 Å². The molecule has 1 heterocycles. The Hall–Kier alpha value is -2.23.